The number of halogens is 1. The Bertz CT molecular complexity index is 717. The van der Waals surface area contributed by atoms with Gasteiger partial charge in [0.15, 0.2) is 0 Å². The molecular weight excluding hydrogens is 293 g/mol. The third-order valence-electron chi connectivity index (χ3n) is 3.01. The first-order valence-electron chi connectivity index (χ1n) is 6.34. The van der Waals surface area contributed by atoms with Gasteiger partial charge < -0.3 is 5.32 Å². The summed E-state index contributed by atoms with van der Waals surface area (Å²) in [4.78, 5) is 4.14. The number of hydrogen-bond acceptors (Lipinski definition) is 4. The van der Waals surface area contributed by atoms with E-state index in [1.165, 1.54) is 19.2 Å². The molecule has 112 valence electrons. The van der Waals surface area contributed by atoms with Gasteiger partial charge in [-0.25, -0.2) is 17.5 Å². The van der Waals surface area contributed by atoms with Crippen molar-refractivity contribution >= 4 is 15.7 Å². The van der Waals surface area contributed by atoms with Gasteiger partial charge in [0.05, 0.1) is 23.6 Å². The number of sulfonamides is 1. The van der Waals surface area contributed by atoms with Gasteiger partial charge in [-0.3, -0.25) is 4.98 Å². The molecule has 0 radical (unpaired) electrons. The van der Waals surface area contributed by atoms with Crippen LogP contribution in [0.3, 0.4) is 0 Å². The summed E-state index contributed by atoms with van der Waals surface area (Å²) in [7, 11) is -2.20. The number of aromatic nitrogens is 1. The molecule has 0 spiro atoms. The predicted molar refractivity (Wildman–Crippen MR) is 78.9 cm³/mol. The van der Waals surface area contributed by atoms with Crippen LogP contribution in [0.15, 0.2) is 47.5 Å². The summed E-state index contributed by atoms with van der Waals surface area (Å²) in [5, 5.41) is 3.08. The number of para-hydroxylation sites is 1. The lowest BCUT2D eigenvalue weighted by atomic mass is 10.2. The van der Waals surface area contributed by atoms with Crippen LogP contribution in [0.4, 0.5) is 10.1 Å². The third-order valence-corrected chi connectivity index (χ3v) is 4.48. The Labute approximate surface area is 123 Å². The lowest BCUT2D eigenvalue weighted by molar-refractivity contribution is 0.588. The zero-order chi connectivity index (χ0) is 15.5. The number of nitrogens with zero attached hydrogens (tertiary/aromatic N) is 1. The van der Waals surface area contributed by atoms with Crippen molar-refractivity contribution in [3.63, 3.8) is 0 Å². The fraction of sp³-hybridized carbons (Fsp3) is 0.214. The summed E-state index contributed by atoms with van der Waals surface area (Å²) < 4.78 is 39.1. The molecule has 2 aromatic rings. The molecule has 1 aromatic carbocycles. The standard InChI is InChI=1S/C14H16FN3O2S/c1-10(12-8-7-11(15)9-17-12)18-13-5-3-4-6-14(13)21(19,20)16-2/h3-10,16,18H,1-2H3. The fourth-order valence-electron chi connectivity index (χ4n) is 1.88. The predicted octanol–water partition coefficient (Wildman–Crippen LogP) is 2.30. The Hall–Kier alpha value is -1.99. The topological polar surface area (TPSA) is 71.1 Å². The van der Waals surface area contributed by atoms with Gasteiger partial charge >= 0.3 is 0 Å². The molecule has 21 heavy (non-hydrogen) atoms. The monoisotopic (exact) mass is 309 g/mol. The number of rotatable bonds is 5. The molecule has 7 heteroatoms. The van der Waals surface area contributed by atoms with Gasteiger partial charge in [-0.05, 0) is 38.2 Å². The first-order chi connectivity index (χ1) is 9.94. The molecule has 1 unspecified atom stereocenters. The molecule has 2 rings (SSSR count). The second kappa shape index (κ2) is 6.19. The molecule has 0 saturated heterocycles. The largest absolute Gasteiger partial charge is 0.376 e. The maximum atomic E-state index is 12.9. The van der Waals surface area contributed by atoms with E-state index in [4.69, 9.17) is 0 Å². The fourth-order valence-corrected chi connectivity index (χ4v) is 2.77. The van der Waals surface area contributed by atoms with Gasteiger partial charge in [0.25, 0.3) is 0 Å². The molecular formula is C14H16FN3O2S. The molecule has 0 saturated carbocycles. The van der Waals surface area contributed by atoms with E-state index in [0.29, 0.717) is 11.4 Å². The highest BCUT2D eigenvalue weighted by molar-refractivity contribution is 7.89. The SMILES string of the molecule is CNS(=O)(=O)c1ccccc1NC(C)c1ccc(F)cn1. The third kappa shape index (κ3) is 3.56. The van der Waals surface area contributed by atoms with Gasteiger partial charge in [0.2, 0.25) is 10.0 Å². The van der Waals surface area contributed by atoms with E-state index in [9.17, 15) is 12.8 Å². The summed E-state index contributed by atoms with van der Waals surface area (Å²) in [6, 6.07) is 9.18. The van der Waals surface area contributed by atoms with Gasteiger partial charge in [-0.15, -0.1) is 0 Å². The van der Waals surface area contributed by atoms with Crippen molar-refractivity contribution in [3.8, 4) is 0 Å². The van der Waals surface area contributed by atoms with Crippen LogP contribution in [0.1, 0.15) is 18.7 Å². The van der Waals surface area contributed by atoms with Gasteiger partial charge in [0.1, 0.15) is 10.7 Å². The first-order valence-corrected chi connectivity index (χ1v) is 7.83. The second-order valence-electron chi connectivity index (χ2n) is 4.47. The van der Waals surface area contributed by atoms with Crippen LogP contribution in [0, 0.1) is 5.82 Å². The lowest BCUT2D eigenvalue weighted by Crippen LogP contribution is -2.21. The van der Waals surface area contributed by atoms with Gasteiger partial charge in [0, 0.05) is 0 Å². The molecule has 1 heterocycles. The van der Waals surface area contributed by atoms with Crippen LogP contribution in [-0.2, 0) is 10.0 Å². The quantitative estimate of drug-likeness (QED) is 0.889. The average Bonchev–Trinajstić information content (AvgIpc) is 2.48. The number of pyridine rings is 1. The van der Waals surface area contributed by atoms with Crippen LogP contribution >= 0.6 is 0 Å². The van der Waals surface area contributed by atoms with E-state index >= 15 is 0 Å². The molecule has 5 nitrogen and oxygen atoms in total. The molecule has 0 aliphatic carbocycles. The van der Waals surface area contributed by atoms with Crippen molar-refractivity contribution in [3.05, 3.63) is 54.1 Å². The molecule has 0 aliphatic heterocycles. The van der Waals surface area contributed by atoms with Crippen LogP contribution in [-0.4, -0.2) is 20.4 Å². The van der Waals surface area contributed by atoms with Gasteiger partial charge in [-0.2, -0.15) is 0 Å². The van der Waals surface area contributed by atoms with Crippen LogP contribution in [0.5, 0.6) is 0 Å². The molecule has 0 amide bonds. The summed E-state index contributed by atoms with van der Waals surface area (Å²) in [5.74, 6) is -0.413. The van der Waals surface area contributed by atoms with E-state index in [2.05, 4.69) is 15.0 Å². The molecule has 1 atom stereocenters. The molecule has 2 N–H and O–H groups in total. The van der Waals surface area contributed by atoms with Crippen LogP contribution in [0.2, 0.25) is 0 Å². The van der Waals surface area contributed by atoms with Gasteiger partial charge in [-0.1, -0.05) is 12.1 Å². The number of anilines is 1. The van der Waals surface area contributed by atoms with E-state index < -0.39 is 15.8 Å². The second-order valence-corrected chi connectivity index (χ2v) is 6.33. The van der Waals surface area contributed by atoms with E-state index in [1.54, 1.807) is 24.3 Å². The lowest BCUT2D eigenvalue weighted by Gasteiger charge is -2.17. The number of benzene rings is 1. The van der Waals surface area contributed by atoms with E-state index in [-0.39, 0.29) is 10.9 Å². The Kier molecular flexibility index (Phi) is 4.54. The Morgan fingerprint density at radius 3 is 2.52 bits per heavy atom. The summed E-state index contributed by atoms with van der Waals surface area (Å²) >= 11 is 0. The Balaban J connectivity index is 2.30. The van der Waals surface area contributed by atoms with Crippen molar-refractivity contribution in [1.82, 2.24) is 9.71 Å². The highest BCUT2D eigenvalue weighted by Gasteiger charge is 2.17. The minimum atomic E-state index is -3.56. The molecule has 0 fully saturated rings. The minimum absolute atomic E-state index is 0.154. The van der Waals surface area contributed by atoms with Crippen molar-refractivity contribution in [2.75, 3.05) is 12.4 Å². The Morgan fingerprint density at radius 1 is 1.19 bits per heavy atom. The zero-order valence-corrected chi connectivity index (χ0v) is 12.5. The van der Waals surface area contributed by atoms with E-state index in [1.807, 2.05) is 6.92 Å². The maximum Gasteiger partial charge on any atom is 0.242 e. The molecule has 0 aliphatic rings. The smallest absolute Gasteiger partial charge is 0.242 e. The summed E-state index contributed by atoms with van der Waals surface area (Å²) in [6.45, 7) is 1.82. The first kappa shape index (κ1) is 15.4. The van der Waals surface area contributed by atoms with Crippen molar-refractivity contribution in [2.45, 2.75) is 17.9 Å². The minimum Gasteiger partial charge on any atom is -0.376 e. The highest BCUT2D eigenvalue weighted by Crippen LogP contribution is 2.24. The number of nitrogens with one attached hydrogen (secondary N) is 2. The van der Waals surface area contributed by atoms with Crippen LogP contribution in [0.25, 0.3) is 0 Å². The maximum absolute atomic E-state index is 12.9. The van der Waals surface area contributed by atoms with Crippen molar-refractivity contribution in [1.29, 1.82) is 0 Å². The summed E-state index contributed by atoms with van der Waals surface area (Å²) in [6.07, 6.45) is 1.13. The normalized spacial score (nSPS) is 12.9. The average molecular weight is 309 g/mol. The van der Waals surface area contributed by atoms with E-state index in [0.717, 1.165) is 6.20 Å². The van der Waals surface area contributed by atoms with Crippen molar-refractivity contribution < 1.29 is 12.8 Å². The zero-order valence-electron chi connectivity index (χ0n) is 11.7. The summed E-state index contributed by atoms with van der Waals surface area (Å²) in [5.41, 5.74) is 1.08. The van der Waals surface area contributed by atoms with Crippen molar-refractivity contribution in [2.24, 2.45) is 0 Å². The molecule has 0 bridgehead atoms. The Morgan fingerprint density at radius 2 is 1.90 bits per heavy atom. The number of hydrogen-bond donors (Lipinski definition) is 2. The van der Waals surface area contributed by atoms with Crippen LogP contribution < -0.4 is 10.0 Å². The highest BCUT2D eigenvalue weighted by atomic mass is 32.2. The molecule has 1 aromatic heterocycles.